The normalized spacial score (nSPS) is 20.9. The number of aromatic nitrogens is 3. The summed E-state index contributed by atoms with van der Waals surface area (Å²) in [4.78, 5) is 21.4. The van der Waals surface area contributed by atoms with Crippen LogP contribution in [0.4, 0.5) is 4.79 Å². The van der Waals surface area contributed by atoms with E-state index < -0.39 is 11.7 Å². The van der Waals surface area contributed by atoms with Crippen molar-refractivity contribution in [1.82, 2.24) is 19.9 Å². The number of alkyl carbamates (subject to hydrolysis) is 1. The van der Waals surface area contributed by atoms with Gasteiger partial charge in [-0.2, -0.15) is 0 Å². The molecule has 154 valence electrons. The van der Waals surface area contributed by atoms with Crippen LogP contribution in [0, 0.1) is 0 Å². The number of amides is 1. The second-order valence-corrected chi connectivity index (χ2v) is 8.84. The highest BCUT2D eigenvalue weighted by molar-refractivity contribution is 6.02. The average molecular weight is 396 g/mol. The topological polar surface area (TPSA) is 89.3 Å². The van der Waals surface area contributed by atoms with Crippen LogP contribution in [0.3, 0.4) is 0 Å². The van der Waals surface area contributed by atoms with E-state index in [4.69, 9.17) is 4.74 Å². The number of carbonyl (C=O) groups excluding carboxylic acids is 1. The van der Waals surface area contributed by atoms with Crippen molar-refractivity contribution in [3.63, 3.8) is 0 Å². The van der Waals surface area contributed by atoms with Crippen LogP contribution in [0.2, 0.25) is 0 Å². The Morgan fingerprint density at radius 3 is 2.76 bits per heavy atom. The van der Waals surface area contributed by atoms with Gasteiger partial charge in [-0.1, -0.05) is 18.2 Å². The molecule has 0 unspecified atom stereocenters. The van der Waals surface area contributed by atoms with Gasteiger partial charge in [0.05, 0.1) is 17.2 Å². The monoisotopic (exact) mass is 396 g/mol. The van der Waals surface area contributed by atoms with E-state index in [0.717, 1.165) is 41.2 Å². The lowest BCUT2D eigenvalue weighted by Crippen LogP contribution is -2.38. The molecule has 0 aliphatic heterocycles. The average Bonchev–Trinajstić information content (AvgIpc) is 3.24. The fraction of sp³-hybridized carbons (Fsp3) is 0.500. The van der Waals surface area contributed by atoms with E-state index in [0.29, 0.717) is 5.82 Å². The molecule has 1 saturated carbocycles. The van der Waals surface area contributed by atoms with Crippen molar-refractivity contribution >= 4 is 28.0 Å². The molecule has 2 aromatic heterocycles. The van der Waals surface area contributed by atoms with Gasteiger partial charge in [-0.25, -0.2) is 9.78 Å². The molecular formula is C22H28N4O3. The number of nitrogens with one attached hydrogen (secondary N) is 1. The maximum Gasteiger partial charge on any atom is 0.407 e. The summed E-state index contributed by atoms with van der Waals surface area (Å²) in [7, 11) is 0. The van der Waals surface area contributed by atoms with E-state index in [1.54, 1.807) is 13.1 Å². The molecule has 0 saturated heterocycles. The van der Waals surface area contributed by atoms with Gasteiger partial charge in [-0.15, -0.1) is 0 Å². The molecule has 1 aromatic carbocycles. The second-order valence-electron chi connectivity index (χ2n) is 8.84. The molecule has 2 heterocycles. The molecule has 1 fully saturated rings. The van der Waals surface area contributed by atoms with Crippen LogP contribution in [0.25, 0.3) is 21.9 Å². The second kappa shape index (κ2) is 7.30. The van der Waals surface area contributed by atoms with Crippen molar-refractivity contribution < 1.29 is 14.6 Å². The molecule has 1 aliphatic carbocycles. The Bertz CT molecular complexity index is 1050. The molecule has 0 spiro atoms. The zero-order chi connectivity index (χ0) is 20.8. The van der Waals surface area contributed by atoms with Gasteiger partial charge in [0.1, 0.15) is 23.0 Å². The number of imidazole rings is 1. The summed E-state index contributed by atoms with van der Waals surface area (Å²) < 4.78 is 7.55. The number of ether oxygens (including phenoxy) is 1. The Balaban J connectivity index is 1.68. The number of benzene rings is 1. The number of rotatable bonds is 3. The van der Waals surface area contributed by atoms with Crippen LogP contribution in [0.15, 0.2) is 30.5 Å². The molecule has 3 aromatic rings. The predicted octanol–water partition coefficient (Wildman–Crippen LogP) is 4.26. The van der Waals surface area contributed by atoms with E-state index in [2.05, 4.69) is 19.9 Å². The van der Waals surface area contributed by atoms with Gasteiger partial charge in [-0.05, 0) is 53.0 Å². The Morgan fingerprint density at radius 1 is 1.28 bits per heavy atom. The smallest absolute Gasteiger partial charge is 0.407 e. The number of pyridine rings is 1. The van der Waals surface area contributed by atoms with Crippen molar-refractivity contribution in [1.29, 1.82) is 0 Å². The number of para-hydroxylation sites is 1. The van der Waals surface area contributed by atoms with Gasteiger partial charge < -0.3 is 19.7 Å². The lowest BCUT2D eigenvalue weighted by Gasteiger charge is -2.22. The van der Waals surface area contributed by atoms with Gasteiger partial charge in [0, 0.05) is 17.5 Å². The molecular weight excluding hydrogens is 368 g/mol. The van der Waals surface area contributed by atoms with Crippen LogP contribution in [0.1, 0.15) is 64.9 Å². The van der Waals surface area contributed by atoms with Crippen LogP contribution < -0.4 is 5.32 Å². The maximum atomic E-state index is 12.2. The number of hydrogen-bond acceptors (Lipinski definition) is 5. The SMILES string of the molecule is C[C@@H](O)c1nc2cnc3ccccc3c2n1[C@@H]1CC[C@@H](NC(=O)OC(C)(C)C)C1. The zero-order valence-electron chi connectivity index (χ0n) is 17.3. The third-order valence-corrected chi connectivity index (χ3v) is 5.32. The first-order valence-electron chi connectivity index (χ1n) is 10.2. The van der Waals surface area contributed by atoms with Crippen molar-refractivity contribution in [3.8, 4) is 0 Å². The number of aliphatic hydroxyl groups is 1. The van der Waals surface area contributed by atoms with Crippen LogP contribution >= 0.6 is 0 Å². The quantitative estimate of drug-likeness (QED) is 0.691. The summed E-state index contributed by atoms with van der Waals surface area (Å²) in [5.74, 6) is 0.640. The van der Waals surface area contributed by atoms with Crippen molar-refractivity contribution in [3.05, 3.63) is 36.3 Å². The van der Waals surface area contributed by atoms with E-state index in [9.17, 15) is 9.90 Å². The fourth-order valence-electron chi connectivity index (χ4n) is 4.20. The molecule has 1 aliphatic rings. The van der Waals surface area contributed by atoms with Gasteiger partial charge >= 0.3 is 6.09 Å². The predicted molar refractivity (Wildman–Crippen MR) is 112 cm³/mol. The van der Waals surface area contributed by atoms with Gasteiger partial charge in [0.15, 0.2) is 0 Å². The first-order valence-corrected chi connectivity index (χ1v) is 10.2. The van der Waals surface area contributed by atoms with Gasteiger partial charge in [0.25, 0.3) is 0 Å². The molecule has 7 nitrogen and oxygen atoms in total. The molecule has 2 N–H and O–H groups in total. The Morgan fingerprint density at radius 2 is 2.03 bits per heavy atom. The maximum absolute atomic E-state index is 12.2. The summed E-state index contributed by atoms with van der Waals surface area (Å²) in [6.45, 7) is 7.31. The third-order valence-electron chi connectivity index (χ3n) is 5.32. The molecule has 29 heavy (non-hydrogen) atoms. The number of aliphatic hydroxyl groups excluding tert-OH is 1. The van der Waals surface area contributed by atoms with Crippen molar-refractivity contribution in [2.45, 2.75) is 70.7 Å². The largest absolute Gasteiger partial charge is 0.444 e. The van der Waals surface area contributed by atoms with Crippen LogP contribution in [-0.4, -0.2) is 37.4 Å². The summed E-state index contributed by atoms with van der Waals surface area (Å²) in [5.41, 5.74) is 2.16. The van der Waals surface area contributed by atoms with Crippen LogP contribution in [-0.2, 0) is 4.74 Å². The highest BCUT2D eigenvalue weighted by Crippen LogP contribution is 2.37. The van der Waals surface area contributed by atoms with E-state index in [-0.39, 0.29) is 18.2 Å². The Hall–Kier alpha value is -2.67. The first-order chi connectivity index (χ1) is 13.7. The molecule has 1 amide bonds. The minimum atomic E-state index is -0.695. The lowest BCUT2D eigenvalue weighted by molar-refractivity contribution is 0.0504. The van der Waals surface area contributed by atoms with Gasteiger partial charge in [0.2, 0.25) is 0 Å². The number of hydrogen-bond donors (Lipinski definition) is 2. The summed E-state index contributed by atoms with van der Waals surface area (Å²) >= 11 is 0. The molecule has 0 bridgehead atoms. The highest BCUT2D eigenvalue weighted by Gasteiger charge is 2.32. The first kappa shape index (κ1) is 19.6. The minimum Gasteiger partial charge on any atom is -0.444 e. The van der Waals surface area contributed by atoms with E-state index >= 15 is 0 Å². The highest BCUT2D eigenvalue weighted by atomic mass is 16.6. The van der Waals surface area contributed by atoms with E-state index in [1.807, 2.05) is 45.0 Å². The number of carbonyl (C=O) groups is 1. The van der Waals surface area contributed by atoms with E-state index in [1.165, 1.54) is 0 Å². The summed E-state index contributed by atoms with van der Waals surface area (Å²) in [6.07, 6.45) is 3.20. The van der Waals surface area contributed by atoms with Crippen molar-refractivity contribution in [2.24, 2.45) is 0 Å². The Kier molecular flexibility index (Phi) is 4.94. The molecule has 7 heteroatoms. The Labute approximate surface area is 170 Å². The number of fused-ring (bicyclic) bond motifs is 3. The summed E-state index contributed by atoms with van der Waals surface area (Å²) in [6, 6.07) is 8.14. The lowest BCUT2D eigenvalue weighted by atomic mass is 10.1. The fourth-order valence-corrected chi connectivity index (χ4v) is 4.20. The van der Waals surface area contributed by atoms with Crippen LogP contribution in [0.5, 0.6) is 0 Å². The van der Waals surface area contributed by atoms with Crippen molar-refractivity contribution in [2.75, 3.05) is 0 Å². The number of nitrogens with zero attached hydrogens (tertiary/aromatic N) is 3. The third kappa shape index (κ3) is 3.92. The van der Waals surface area contributed by atoms with Gasteiger partial charge in [-0.3, -0.25) is 4.98 Å². The molecule has 4 rings (SSSR count). The summed E-state index contributed by atoms with van der Waals surface area (Å²) in [5, 5.41) is 14.4. The molecule has 3 atom stereocenters. The molecule has 0 radical (unpaired) electrons. The minimum absolute atomic E-state index is 0.0299. The zero-order valence-corrected chi connectivity index (χ0v) is 17.3. The standard InChI is InChI=1S/C22H28N4O3/c1-13(27)20-25-18-12-23-17-8-6-5-7-16(17)19(18)26(20)15-10-9-14(11-15)24-21(28)29-22(2,3)4/h5-8,12-15,27H,9-11H2,1-4H3,(H,24,28)/t13-,14-,15-/m1/s1.